The normalized spacial score (nSPS) is 13.2. The molecule has 0 spiro atoms. The number of nitrogens with two attached hydrogens (primary N) is 1. The fourth-order valence-corrected chi connectivity index (χ4v) is 1.85. The average molecular weight is 243 g/mol. The van der Waals surface area contributed by atoms with E-state index in [1.165, 1.54) is 0 Å². The zero-order chi connectivity index (χ0) is 13.1. The van der Waals surface area contributed by atoms with Crippen molar-refractivity contribution in [3.05, 3.63) is 29.4 Å². The molecule has 18 heavy (non-hydrogen) atoms. The summed E-state index contributed by atoms with van der Waals surface area (Å²) in [7, 11) is 0. The zero-order valence-electron chi connectivity index (χ0n) is 10.6. The van der Waals surface area contributed by atoms with Crippen LogP contribution >= 0.6 is 0 Å². The van der Waals surface area contributed by atoms with E-state index in [0.717, 1.165) is 22.2 Å². The molecule has 3 N–H and O–H groups in total. The topological polar surface area (TPSA) is 72.5 Å². The Labute approximate surface area is 105 Å². The number of aromatic amines is 1. The van der Waals surface area contributed by atoms with E-state index in [9.17, 15) is 0 Å². The third-order valence-corrected chi connectivity index (χ3v) is 2.67. The number of hydrogen-bond acceptors (Lipinski definition) is 3. The lowest BCUT2D eigenvalue weighted by Gasteiger charge is -2.00. The third kappa shape index (κ3) is 2.07. The van der Waals surface area contributed by atoms with Gasteiger partial charge in [-0.25, -0.2) is 4.98 Å². The molecule has 2 rings (SSSR count). The van der Waals surface area contributed by atoms with E-state index in [1.807, 2.05) is 26.0 Å². The highest BCUT2D eigenvalue weighted by molar-refractivity contribution is 5.55. The van der Waals surface area contributed by atoms with Gasteiger partial charge in [0.2, 0.25) is 0 Å². The van der Waals surface area contributed by atoms with Gasteiger partial charge in [-0.05, 0) is 13.8 Å². The summed E-state index contributed by atoms with van der Waals surface area (Å²) in [6.07, 6.45) is 5.73. The van der Waals surface area contributed by atoms with Gasteiger partial charge < -0.3 is 10.7 Å². The van der Waals surface area contributed by atoms with Crippen molar-refractivity contribution in [3.8, 4) is 11.5 Å². The summed E-state index contributed by atoms with van der Waals surface area (Å²) in [5.41, 5.74) is 6.60. The van der Waals surface area contributed by atoms with Crippen LogP contribution < -0.4 is 16.4 Å². The van der Waals surface area contributed by atoms with Crippen molar-refractivity contribution in [2.75, 3.05) is 5.73 Å². The highest BCUT2D eigenvalue weighted by atomic mass is 15.3. The largest absolute Gasteiger partial charge is 0.382 e. The van der Waals surface area contributed by atoms with Gasteiger partial charge in [-0.1, -0.05) is 18.2 Å². The van der Waals surface area contributed by atoms with E-state index >= 15 is 0 Å². The van der Waals surface area contributed by atoms with Crippen LogP contribution in [-0.2, 0) is 6.54 Å². The van der Waals surface area contributed by atoms with Gasteiger partial charge in [-0.3, -0.25) is 4.68 Å². The van der Waals surface area contributed by atoms with Crippen LogP contribution in [0.4, 0.5) is 5.82 Å². The Morgan fingerprint density at radius 3 is 2.78 bits per heavy atom. The molecule has 2 aromatic rings. The van der Waals surface area contributed by atoms with E-state index < -0.39 is 0 Å². The zero-order valence-corrected chi connectivity index (χ0v) is 10.6. The lowest BCUT2D eigenvalue weighted by molar-refractivity contribution is 0.710. The molecular formula is C13H17N5. The number of allylic oxidation sites excluding steroid dienone is 1. The first-order valence-corrected chi connectivity index (χ1v) is 5.83. The first-order valence-electron chi connectivity index (χ1n) is 5.83. The molecule has 0 saturated heterocycles. The third-order valence-electron chi connectivity index (χ3n) is 2.67. The van der Waals surface area contributed by atoms with Gasteiger partial charge in [-0.2, -0.15) is 5.10 Å². The molecule has 0 bridgehead atoms. The van der Waals surface area contributed by atoms with E-state index in [1.54, 1.807) is 16.8 Å². The Morgan fingerprint density at radius 1 is 1.44 bits per heavy atom. The summed E-state index contributed by atoms with van der Waals surface area (Å²) < 4.78 is 1.78. The van der Waals surface area contributed by atoms with Crippen LogP contribution in [-0.4, -0.2) is 19.7 Å². The number of nitrogens with one attached hydrogen (secondary N) is 1. The second-order valence-electron chi connectivity index (χ2n) is 3.89. The van der Waals surface area contributed by atoms with Crippen molar-refractivity contribution in [1.29, 1.82) is 0 Å². The summed E-state index contributed by atoms with van der Waals surface area (Å²) in [6, 6.07) is 1.81. The van der Waals surface area contributed by atoms with Gasteiger partial charge in [0, 0.05) is 6.07 Å². The van der Waals surface area contributed by atoms with Crippen LogP contribution in [0.1, 0.15) is 13.8 Å². The highest BCUT2D eigenvalue weighted by Crippen LogP contribution is 2.15. The van der Waals surface area contributed by atoms with Crippen LogP contribution in [0, 0.1) is 0 Å². The first-order chi connectivity index (χ1) is 8.69. The van der Waals surface area contributed by atoms with Crippen LogP contribution in [0.25, 0.3) is 23.7 Å². The Hall–Kier alpha value is -2.30. The Balaban J connectivity index is 2.62. The number of hydrogen-bond donors (Lipinski definition) is 2. The van der Waals surface area contributed by atoms with Crippen molar-refractivity contribution >= 4 is 18.0 Å². The number of imidazole rings is 1. The molecule has 0 radical (unpaired) electrons. The Bertz CT molecular complexity index is 643. The van der Waals surface area contributed by atoms with Gasteiger partial charge in [0.1, 0.15) is 11.5 Å². The fraction of sp³-hybridized carbons (Fsp3) is 0.231. The second-order valence-corrected chi connectivity index (χ2v) is 3.89. The molecule has 2 aromatic heterocycles. The smallest absolute Gasteiger partial charge is 0.156 e. The van der Waals surface area contributed by atoms with Crippen LogP contribution in [0.2, 0.25) is 0 Å². The fourth-order valence-electron chi connectivity index (χ4n) is 1.85. The van der Waals surface area contributed by atoms with Gasteiger partial charge in [-0.15, -0.1) is 6.58 Å². The van der Waals surface area contributed by atoms with Crippen molar-refractivity contribution in [1.82, 2.24) is 19.7 Å². The molecule has 94 valence electrons. The molecular weight excluding hydrogens is 226 g/mol. The summed E-state index contributed by atoms with van der Waals surface area (Å²) in [4.78, 5) is 7.80. The molecule has 0 amide bonds. The number of rotatable bonds is 3. The molecule has 5 heteroatoms. The minimum Gasteiger partial charge on any atom is -0.382 e. The number of anilines is 1. The molecule has 0 aliphatic rings. The Kier molecular flexibility index (Phi) is 3.32. The standard InChI is InChI=1S/C13H17N5/c1-4-7-18-11(8-12(14)17-18)13-15-9(5-2)10(6-3)16-13/h4-6,8H,1,7H2,2-3H3,(H2,14,17)(H,15,16)/b9-5+,10-6+. The van der Waals surface area contributed by atoms with Crippen LogP contribution in [0.5, 0.6) is 0 Å². The van der Waals surface area contributed by atoms with Gasteiger partial charge in [0.05, 0.1) is 17.2 Å². The minimum absolute atomic E-state index is 0.479. The van der Waals surface area contributed by atoms with Crippen molar-refractivity contribution < 1.29 is 0 Å². The average Bonchev–Trinajstić information content (AvgIpc) is 2.92. The van der Waals surface area contributed by atoms with Gasteiger partial charge in [0.25, 0.3) is 0 Å². The van der Waals surface area contributed by atoms with Crippen molar-refractivity contribution in [3.63, 3.8) is 0 Å². The molecule has 0 atom stereocenters. The number of H-pyrrole nitrogens is 1. The highest BCUT2D eigenvalue weighted by Gasteiger charge is 2.10. The maximum Gasteiger partial charge on any atom is 0.156 e. The predicted octanol–water partition coefficient (Wildman–Crippen LogP) is 0.642. The summed E-state index contributed by atoms with van der Waals surface area (Å²) >= 11 is 0. The minimum atomic E-state index is 0.479. The van der Waals surface area contributed by atoms with E-state index in [4.69, 9.17) is 5.73 Å². The van der Waals surface area contributed by atoms with Crippen LogP contribution in [0.3, 0.4) is 0 Å². The molecule has 0 saturated carbocycles. The molecule has 2 heterocycles. The Morgan fingerprint density at radius 2 is 2.22 bits per heavy atom. The molecule has 0 aliphatic heterocycles. The molecule has 5 nitrogen and oxygen atoms in total. The maximum atomic E-state index is 5.73. The molecule has 0 aliphatic carbocycles. The van der Waals surface area contributed by atoms with E-state index in [-0.39, 0.29) is 0 Å². The van der Waals surface area contributed by atoms with Crippen LogP contribution in [0.15, 0.2) is 18.7 Å². The summed E-state index contributed by atoms with van der Waals surface area (Å²) in [5.74, 6) is 1.24. The lowest BCUT2D eigenvalue weighted by atomic mass is 10.4. The van der Waals surface area contributed by atoms with Crippen molar-refractivity contribution in [2.24, 2.45) is 0 Å². The predicted molar refractivity (Wildman–Crippen MR) is 73.9 cm³/mol. The maximum absolute atomic E-state index is 5.73. The number of nitrogens with zero attached hydrogens (tertiary/aromatic N) is 3. The molecule has 0 aromatic carbocycles. The number of aromatic nitrogens is 4. The number of nitrogen functional groups attached to an aromatic ring is 1. The lowest BCUT2D eigenvalue weighted by Crippen LogP contribution is -2.23. The van der Waals surface area contributed by atoms with Crippen molar-refractivity contribution in [2.45, 2.75) is 20.4 Å². The second kappa shape index (κ2) is 4.91. The first kappa shape index (κ1) is 12.2. The van der Waals surface area contributed by atoms with Gasteiger partial charge in [0.15, 0.2) is 5.82 Å². The molecule has 0 unspecified atom stereocenters. The van der Waals surface area contributed by atoms with Gasteiger partial charge >= 0.3 is 0 Å². The van der Waals surface area contributed by atoms with E-state index in [0.29, 0.717) is 12.4 Å². The summed E-state index contributed by atoms with van der Waals surface area (Å²) in [6.45, 7) is 8.24. The SMILES string of the molecule is C=CCn1nc(N)cc1-c1nc(=C/C)/c(=C\C)[nH]1. The monoisotopic (exact) mass is 243 g/mol. The quantitative estimate of drug-likeness (QED) is 0.777. The summed E-state index contributed by atoms with van der Waals surface area (Å²) in [5, 5.41) is 6.14. The molecule has 0 fully saturated rings. The van der Waals surface area contributed by atoms with E-state index in [2.05, 4.69) is 21.6 Å².